The molecule has 0 aliphatic carbocycles. The van der Waals surface area contributed by atoms with Gasteiger partial charge in [0.1, 0.15) is 5.75 Å². The second kappa shape index (κ2) is 10.6. The molecule has 0 amide bonds. The molecule has 0 saturated carbocycles. The lowest BCUT2D eigenvalue weighted by Crippen LogP contribution is -2.20. The van der Waals surface area contributed by atoms with Crippen molar-refractivity contribution < 1.29 is 13.2 Å². The predicted molar refractivity (Wildman–Crippen MR) is 136 cm³/mol. The molecule has 1 heterocycles. The number of nitrogens with one attached hydrogen (secondary N) is 2. The molecular formula is C25H32N4O3S. The first-order valence-electron chi connectivity index (χ1n) is 10.9. The van der Waals surface area contributed by atoms with Gasteiger partial charge in [-0.25, -0.2) is 8.42 Å². The minimum atomic E-state index is -3.29. The van der Waals surface area contributed by atoms with Crippen molar-refractivity contribution in [3.8, 4) is 17.6 Å². The molecule has 0 radical (unpaired) electrons. The van der Waals surface area contributed by atoms with Crippen LogP contribution in [0, 0.1) is 11.8 Å². The fraction of sp³-hybridized carbons (Fsp3) is 0.360. The first-order chi connectivity index (χ1) is 15.7. The number of nitrogens with zero attached hydrogens (tertiary/aromatic N) is 2. The van der Waals surface area contributed by atoms with Crippen LogP contribution in [0.2, 0.25) is 0 Å². The molecule has 0 saturated heterocycles. The van der Waals surface area contributed by atoms with Crippen LogP contribution in [0.5, 0.6) is 5.75 Å². The highest BCUT2D eigenvalue weighted by molar-refractivity contribution is 7.90. The number of aromatic nitrogens is 1. The first kappa shape index (κ1) is 24.5. The van der Waals surface area contributed by atoms with E-state index in [-0.39, 0.29) is 4.90 Å². The third-order valence-corrected chi connectivity index (χ3v) is 6.43. The summed E-state index contributed by atoms with van der Waals surface area (Å²) in [5.74, 6) is 6.92. The van der Waals surface area contributed by atoms with Crippen LogP contribution < -0.4 is 15.4 Å². The van der Waals surface area contributed by atoms with Crippen molar-refractivity contribution in [1.82, 2.24) is 9.47 Å². The maximum Gasteiger partial charge on any atom is 0.175 e. The van der Waals surface area contributed by atoms with Gasteiger partial charge in [0.15, 0.2) is 9.84 Å². The Labute approximate surface area is 196 Å². The van der Waals surface area contributed by atoms with Crippen LogP contribution in [0.15, 0.2) is 47.4 Å². The maximum absolute atomic E-state index is 11.8. The van der Waals surface area contributed by atoms with Gasteiger partial charge in [0, 0.05) is 43.0 Å². The number of methoxy groups -OCH3 is 1. The molecule has 3 aromatic rings. The van der Waals surface area contributed by atoms with Gasteiger partial charge in [0.05, 0.1) is 35.4 Å². The Hall–Kier alpha value is -3.15. The van der Waals surface area contributed by atoms with Crippen molar-refractivity contribution in [3.63, 3.8) is 0 Å². The Morgan fingerprint density at radius 2 is 1.88 bits per heavy atom. The third kappa shape index (κ3) is 6.01. The number of aryl methyl sites for hydroxylation is 1. The molecule has 33 heavy (non-hydrogen) atoms. The van der Waals surface area contributed by atoms with E-state index in [1.54, 1.807) is 12.1 Å². The molecule has 2 aromatic carbocycles. The highest BCUT2D eigenvalue weighted by Crippen LogP contribution is 2.28. The largest absolute Gasteiger partial charge is 0.495 e. The first-order valence-corrected chi connectivity index (χ1v) is 12.8. The van der Waals surface area contributed by atoms with Crippen LogP contribution in [-0.4, -0.2) is 65.0 Å². The van der Waals surface area contributed by atoms with Gasteiger partial charge in [-0.1, -0.05) is 12.0 Å². The fourth-order valence-electron chi connectivity index (χ4n) is 3.62. The van der Waals surface area contributed by atoms with Crippen LogP contribution in [0.3, 0.4) is 0 Å². The molecular weight excluding hydrogens is 436 g/mol. The average molecular weight is 469 g/mol. The van der Waals surface area contributed by atoms with Crippen LogP contribution in [0.25, 0.3) is 10.9 Å². The molecule has 2 N–H and O–H groups in total. The Morgan fingerprint density at radius 1 is 1.09 bits per heavy atom. The van der Waals surface area contributed by atoms with E-state index in [0.29, 0.717) is 18.0 Å². The molecule has 0 aliphatic rings. The number of rotatable bonds is 9. The predicted octanol–water partition coefficient (Wildman–Crippen LogP) is 3.51. The number of sulfone groups is 1. The minimum Gasteiger partial charge on any atom is -0.495 e. The van der Waals surface area contributed by atoms with E-state index in [1.807, 2.05) is 0 Å². The summed E-state index contributed by atoms with van der Waals surface area (Å²) in [5, 5.41) is 7.90. The van der Waals surface area contributed by atoms with Gasteiger partial charge in [-0.2, -0.15) is 0 Å². The summed E-state index contributed by atoms with van der Waals surface area (Å²) in [5.41, 5.74) is 3.92. The average Bonchev–Trinajstić information content (AvgIpc) is 3.14. The summed E-state index contributed by atoms with van der Waals surface area (Å²) < 4.78 is 31.1. The lowest BCUT2D eigenvalue weighted by molar-refractivity contribution is 0.415. The zero-order chi connectivity index (χ0) is 24.0. The van der Waals surface area contributed by atoms with Gasteiger partial charge in [-0.3, -0.25) is 0 Å². The maximum atomic E-state index is 11.8. The number of hydrogen-bond acceptors (Lipinski definition) is 6. The van der Waals surface area contributed by atoms with E-state index in [2.05, 4.69) is 77.2 Å². The number of anilines is 2. The Morgan fingerprint density at radius 3 is 2.55 bits per heavy atom. The highest BCUT2D eigenvalue weighted by Gasteiger charge is 2.12. The van der Waals surface area contributed by atoms with Crippen LogP contribution in [-0.2, 0) is 16.4 Å². The van der Waals surface area contributed by atoms with E-state index >= 15 is 0 Å². The number of likely N-dealkylation sites (N-methyl/N-ethyl adjacent to an activating group) is 1. The molecule has 176 valence electrons. The zero-order valence-corrected chi connectivity index (χ0v) is 20.7. The van der Waals surface area contributed by atoms with Gasteiger partial charge in [-0.05, 0) is 57.3 Å². The Kier molecular flexibility index (Phi) is 7.90. The quantitative estimate of drug-likeness (QED) is 0.468. The van der Waals surface area contributed by atoms with Gasteiger partial charge >= 0.3 is 0 Å². The third-order valence-electron chi connectivity index (χ3n) is 5.32. The molecule has 0 fully saturated rings. The van der Waals surface area contributed by atoms with Crippen LogP contribution in [0.4, 0.5) is 11.4 Å². The second-order valence-corrected chi connectivity index (χ2v) is 10.0. The summed E-state index contributed by atoms with van der Waals surface area (Å²) in [4.78, 5) is 2.37. The number of hydrogen-bond donors (Lipinski definition) is 2. The van der Waals surface area contributed by atoms with Gasteiger partial charge in [-0.15, -0.1) is 0 Å². The topological polar surface area (TPSA) is 75.6 Å². The molecule has 0 spiro atoms. The van der Waals surface area contributed by atoms with Crippen molar-refractivity contribution in [3.05, 3.63) is 48.2 Å². The second-order valence-electron chi connectivity index (χ2n) is 8.03. The molecule has 7 nitrogen and oxygen atoms in total. The monoisotopic (exact) mass is 468 g/mol. The van der Waals surface area contributed by atoms with Gasteiger partial charge in [0.25, 0.3) is 0 Å². The van der Waals surface area contributed by atoms with Crippen LogP contribution >= 0.6 is 0 Å². The van der Waals surface area contributed by atoms with E-state index in [4.69, 9.17) is 4.74 Å². The molecule has 0 atom stereocenters. The lowest BCUT2D eigenvalue weighted by Gasteiger charge is -2.12. The highest BCUT2D eigenvalue weighted by atomic mass is 32.2. The summed E-state index contributed by atoms with van der Waals surface area (Å²) in [6, 6.07) is 13.2. The summed E-state index contributed by atoms with van der Waals surface area (Å²) in [7, 11) is 2.35. The van der Waals surface area contributed by atoms with E-state index in [1.165, 1.54) is 19.4 Å². The molecule has 8 heteroatoms. The van der Waals surface area contributed by atoms with Crippen molar-refractivity contribution >= 4 is 32.1 Å². The summed E-state index contributed by atoms with van der Waals surface area (Å²) in [6.07, 6.45) is 1.18. The Bertz CT molecular complexity index is 1280. The number of fused-ring (bicyclic) bond motifs is 1. The number of benzene rings is 2. The van der Waals surface area contributed by atoms with Crippen molar-refractivity contribution in [2.45, 2.75) is 18.4 Å². The SMILES string of the molecule is CCn1c(C#CCNc2ccc(S(C)(=O)=O)cc2OC)cc2c(NCCN(C)C)cccc21. The van der Waals surface area contributed by atoms with E-state index in [9.17, 15) is 8.42 Å². The van der Waals surface area contributed by atoms with E-state index < -0.39 is 9.84 Å². The summed E-state index contributed by atoms with van der Waals surface area (Å²) >= 11 is 0. The minimum absolute atomic E-state index is 0.221. The molecule has 0 bridgehead atoms. The molecule has 1 aromatic heterocycles. The lowest BCUT2D eigenvalue weighted by atomic mass is 10.2. The van der Waals surface area contributed by atoms with Crippen molar-refractivity contribution in [2.24, 2.45) is 0 Å². The Balaban J connectivity index is 1.79. The van der Waals surface area contributed by atoms with Crippen molar-refractivity contribution in [1.29, 1.82) is 0 Å². The molecule has 3 rings (SSSR count). The fourth-order valence-corrected chi connectivity index (χ4v) is 4.26. The normalized spacial score (nSPS) is 11.3. The van der Waals surface area contributed by atoms with Gasteiger partial charge in [0.2, 0.25) is 0 Å². The number of ether oxygens (including phenoxy) is 1. The smallest absolute Gasteiger partial charge is 0.175 e. The van der Waals surface area contributed by atoms with Gasteiger partial charge < -0.3 is 24.8 Å². The zero-order valence-electron chi connectivity index (χ0n) is 19.9. The molecule has 0 aliphatic heterocycles. The van der Waals surface area contributed by atoms with E-state index in [0.717, 1.165) is 41.9 Å². The molecule has 0 unspecified atom stereocenters. The summed E-state index contributed by atoms with van der Waals surface area (Å²) in [6.45, 7) is 5.16. The van der Waals surface area contributed by atoms with Crippen molar-refractivity contribution in [2.75, 3.05) is 57.7 Å². The van der Waals surface area contributed by atoms with Crippen LogP contribution in [0.1, 0.15) is 12.6 Å². The standard InChI is InChI=1S/C25H32N4O3S/c1-6-29-19(17-21-22(10-7-11-24(21)29)27-15-16-28(2)3)9-8-14-26-23-13-12-20(33(5,30)31)18-25(23)32-4/h7,10-13,17-18,26-27H,6,14-16H2,1-5H3.